The summed E-state index contributed by atoms with van der Waals surface area (Å²) in [4.78, 5) is 25.4. The van der Waals surface area contributed by atoms with Crippen molar-refractivity contribution in [1.29, 1.82) is 0 Å². The Bertz CT molecular complexity index is 487. The maximum atomic E-state index is 11.9. The summed E-state index contributed by atoms with van der Waals surface area (Å²) < 4.78 is 0. The number of hydrogen-bond acceptors (Lipinski definition) is 3. The Morgan fingerprint density at radius 3 is 2.18 bits per heavy atom. The summed E-state index contributed by atoms with van der Waals surface area (Å²) in [5.74, 6) is -0.226. The average molecular weight is 326 g/mol. The molecule has 1 aromatic rings. The molecule has 0 aliphatic carbocycles. The van der Waals surface area contributed by atoms with Crippen molar-refractivity contribution in [3.8, 4) is 0 Å². The predicted molar refractivity (Wildman–Crippen MR) is 90.1 cm³/mol. The van der Waals surface area contributed by atoms with Gasteiger partial charge in [-0.1, -0.05) is 25.4 Å². The molecule has 0 bridgehead atoms. The van der Waals surface area contributed by atoms with E-state index in [9.17, 15) is 9.59 Å². The Morgan fingerprint density at radius 1 is 1.09 bits per heavy atom. The van der Waals surface area contributed by atoms with Gasteiger partial charge >= 0.3 is 0 Å². The van der Waals surface area contributed by atoms with Crippen LogP contribution in [0.25, 0.3) is 0 Å². The summed E-state index contributed by atoms with van der Waals surface area (Å²) in [7, 11) is 1.74. The molecule has 0 heterocycles. The minimum Gasteiger partial charge on any atom is -0.352 e. The van der Waals surface area contributed by atoms with Crippen LogP contribution < -0.4 is 10.6 Å². The zero-order chi connectivity index (χ0) is 16.5. The molecule has 0 saturated heterocycles. The first-order valence-corrected chi connectivity index (χ1v) is 7.85. The summed E-state index contributed by atoms with van der Waals surface area (Å²) in [6, 6.07) is 7.09. The lowest BCUT2D eigenvalue weighted by Crippen LogP contribution is -2.42. The van der Waals surface area contributed by atoms with E-state index in [1.807, 2.05) is 13.8 Å². The van der Waals surface area contributed by atoms with Gasteiger partial charge in [-0.3, -0.25) is 14.5 Å². The van der Waals surface area contributed by atoms with E-state index in [2.05, 4.69) is 10.6 Å². The highest BCUT2D eigenvalue weighted by molar-refractivity contribution is 6.30. The number of anilines is 1. The average Bonchev–Trinajstić information content (AvgIpc) is 2.46. The molecule has 2 amide bonds. The fraction of sp³-hybridized carbons (Fsp3) is 0.500. The van der Waals surface area contributed by atoms with Crippen LogP contribution in [0.5, 0.6) is 0 Å². The van der Waals surface area contributed by atoms with Crippen molar-refractivity contribution >= 4 is 29.1 Å². The number of amides is 2. The topological polar surface area (TPSA) is 61.4 Å². The van der Waals surface area contributed by atoms with Crippen LogP contribution in [0.2, 0.25) is 5.02 Å². The molecule has 0 unspecified atom stereocenters. The third kappa shape index (κ3) is 6.91. The number of carbonyl (C=O) groups is 2. The predicted octanol–water partition coefficient (Wildman–Crippen LogP) is 2.52. The molecule has 0 aliphatic heterocycles. The first-order valence-electron chi connectivity index (χ1n) is 7.47. The number of benzene rings is 1. The highest BCUT2D eigenvalue weighted by Gasteiger charge is 2.13. The number of rotatable bonds is 8. The van der Waals surface area contributed by atoms with Gasteiger partial charge in [0.2, 0.25) is 11.8 Å². The van der Waals surface area contributed by atoms with Crippen LogP contribution in [0.4, 0.5) is 5.69 Å². The minimum atomic E-state index is -0.167. The van der Waals surface area contributed by atoms with Gasteiger partial charge in [-0.2, -0.15) is 0 Å². The maximum Gasteiger partial charge on any atom is 0.238 e. The van der Waals surface area contributed by atoms with E-state index in [1.165, 1.54) is 0 Å². The van der Waals surface area contributed by atoms with Gasteiger partial charge in [0, 0.05) is 16.8 Å². The molecule has 0 aliphatic rings. The summed E-state index contributed by atoms with van der Waals surface area (Å²) >= 11 is 5.79. The number of hydrogen-bond donors (Lipinski definition) is 2. The fourth-order valence-electron chi connectivity index (χ4n) is 2.05. The monoisotopic (exact) mass is 325 g/mol. The SMILES string of the molecule is CCC(CC)NC(=O)CN(C)CC(=O)Nc1ccc(Cl)cc1. The smallest absolute Gasteiger partial charge is 0.238 e. The van der Waals surface area contributed by atoms with Crippen molar-refractivity contribution in [2.24, 2.45) is 0 Å². The highest BCUT2D eigenvalue weighted by atomic mass is 35.5. The molecule has 0 radical (unpaired) electrons. The highest BCUT2D eigenvalue weighted by Crippen LogP contribution is 2.13. The molecule has 0 spiro atoms. The number of nitrogens with one attached hydrogen (secondary N) is 2. The number of nitrogens with zero attached hydrogens (tertiary/aromatic N) is 1. The normalized spacial score (nSPS) is 10.8. The van der Waals surface area contributed by atoms with E-state index in [1.54, 1.807) is 36.2 Å². The molecule has 0 atom stereocenters. The van der Waals surface area contributed by atoms with Crippen LogP contribution in [0.15, 0.2) is 24.3 Å². The van der Waals surface area contributed by atoms with E-state index in [0.717, 1.165) is 12.8 Å². The Balaban J connectivity index is 2.37. The van der Waals surface area contributed by atoms with Crippen molar-refractivity contribution in [1.82, 2.24) is 10.2 Å². The van der Waals surface area contributed by atoms with E-state index >= 15 is 0 Å². The van der Waals surface area contributed by atoms with Crippen molar-refractivity contribution in [2.45, 2.75) is 32.7 Å². The molecule has 6 heteroatoms. The van der Waals surface area contributed by atoms with Crippen molar-refractivity contribution in [3.63, 3.8) is 0 Å². The molecule has 1 rings (SSSR count). The van der Waals surface area contributed by atoms with Crippen LogP contribution >= 0.6 is 11.6 Å². The standard InChI is InChI=1S/C16H24ClN3O2/c1-4-13(5-2)18-15(21)10-20(3)11-16(22)19-14-8-6-12(17)7-9-14/h6-9,13H,4-5,10-11H2,1-3H3,(H,18,21)(H,19,22). The second-order valence-corrected chi connectivity index (χ2v) is 5.74. The van der Waals surface area contributed by atoms with Gasteiger partial charge in [-0.15, -0.1) is 0 Å². The van der Waals surface area contributed by atoms with Crippen molar-refractivity contribution < 1.29 is 9.59 Å². The van der Waals surface area contributed by atoms with Crippen LogP contribution in [-0.4, -0.2) is 42.9 Å². The van der Waals surface area contributed by atoms with E-state index in [0.29, 0.717) is 10.7 Å². The summed E-state index contributed by atoms with van der Waals surface area (Å²) in [6.45, 7) is 4.43. The maximum absolute atomic E-state index is 11.9. The fourth-order valence-corrected chi connectivity index (χ4v) is 2.17. The molecule has 122 valence electrons. The lowest BCUT2D eigenvalue weighted by Gasteiger charge is -2.19. The van der Waals surface area contributed by atoms with E-state index in [-0.39, 0.29) is 30.9 Å². The van der Waals surface area contributed by atoms with Gasteiger partial charge in [0.1, 0.15) is 0 Å². The number of likely N-dealkylation sites (N-methyl/N-ethyl adjacent to an activating group) is 1. The van der Waals surface area contributed by atoms with E-state index in [4.69, 9.17) is 11.6 Å². The van der Waals surface area contributed by atoms with Gasteiger partial charge in [-0.05, 0) is 44.2 Å². The Morgan fingerprint density at radius 2 is 1.64 bits per heavy atom. The first kappa shape index (κ1) is 18.5. The lowest BCUT2D eigenvalue weighted by atomic mass is 10.2. The van der Waals surface area contributed by atoms with Gasteiger partial charge < -0.3 is 10.6 Å². The summed E-state index contributed by atoms with van der Waals surface area (Å²) in [6.07, 6.45) is 1.81. The zero-order valence-corrected chi connectivity index (χ0v) is 14.1. The second kappa shape index (κ2) is 9.43. The van der Waals surface area contributed by atoms with E-state index < -0.39 is 0 Å². The van der Waals surface area contributed by atoms with Gasteiger partial charge in [0.05, 0.1) is 13.1 Å². The van der Waals surface area contributed by atoms with Crippen LogP contribution in [0, 0.1) is 0 Å². The molecule has 2 N–H and O–H groups in total. The first-order chi connectivity index (χ1) is 10.4. The van der Waals surface area contributed by atoms with Gasteiger partial charge in [0.25, 0.3) is 0 Å². The molecule has 0 saturated carbocycles. The molecule has 5 nitrogen and oxygen atoms in total. The molecular weight excluding hydrogens is 302 g/mol. The Hall–Kier alpha value is -1.59. The molecule has 22 heavy (non-hydrogen) atoms. The Labute approximate surface area is 137 Å². The third-order valence-corrected chi connectivity index (χ3v) is 3.56. The number of carbonyl (C=O) groups excluding carboxylic acids is 2. The molecular formula is C16H24ClN3O2. The lowest BCUT2D eigenvalue weighted by molar-refractivity contribution is -0.123. The van der Waals surface area contributed by atoms with Crippen molar-refractivity contribution in [2.75, 3.05) is 25.5 Å². The third-order valence-electron chi connectivity index (χ3n) is 3.31. The molecule has 0 aromatic heterocycles. The van der Waals surface area contributed by atoms with Gasteiger partial charge in [0.15, 0.2) is 0 Å². The van der Waals surface area contributed by atoms with Crippen LogP contribution in [0.1, 0.15) is 26.7 Å². The molecule has 0 fully saturated rings. The zero-order valence-electron chi connectivity index (χ0n) is 13.4. The summed E-state index contributed by atoms with van der Waals surface area (Å²) in [5, 5.41) is 6.33. The largest absolute Gasteiger partial charge is 0.352 e. The van der Waals surface area contributed by atoms with Crippen LogP contribution in [0.3, 0.4) is 0 Å². The van der Waals surface area contributed by atoms with Crippen LogP contribution in [-0.2, 0) is 9.59 Å². The summed E-state index contributed by atoms with van der Waals surface area (Å²) in [5.41, 5.74) is 0.685. The van der Waals surface area contributed by atoms with Crippen molar-refractivity contribution in [3.05, 3.63) is 29.3 Å². The second-order valence-electron chi connectivity index (χ2n) is 5.31. The Kier molecular flexibility index (Phi) is 7.91. The number of halogens is 1. The minimum absolute atomic E-state index is 0.0597. The molecule has 1 aromatic carbocycles. The quantitative estimate of drug-likeness (QED) is 0.772. The van der Waals surface area contributed by atoms with Gasteiger partial charge in [-0.25, -0.2) is 0 Å².